The molecule has 3 nitrogen and oxygen atoms in total. The van der Waals surface area contributed by atoms with Crippen molar-refractivity contribution in [3.63, 3.8) is 0 Å². The maximum atomic E-state index is 5.23. The van der Waals surface area contributed by atoms with Gasteiger partial charge >= 0.3 is 0 Å². The molecule has 1 aromatic carbocycles. The lowest BCUT2D eigenvalue weighted by atomic mass is 10.4. The van der Waals surface area contributed by atoms with E-state index in [1.54, 1.807) is 11.8 Å². The lowest BCUT2D eigenvalue weighted by Crippen LogP contribution is -1.90. The van der Waals surface area contributed by atoms with Crippen molar-refractivity contribution in [3.8, 4) is 0 Å². The van der Waals surface area contributed by atoms with Crippen molar-refractivity contribution in [1.82, 2.24) is 10.1 Å². The SMILES string of the molecule is CCc1noc(C(C)Sc2ccccc2Br)n1. The van der Waals surface area contributed by atoms with Gasteiger partial charge in [-0.1, -0.05) is 24.2 Å². The molecule has 2 aromatic rings. The van der Waals surface area contributed by atoms with Gasteiger partial charge in [0.05, 0.1) is 5.25 Å². The van der Waals surface area contributed by atoms with E-state index in [2.05, 4.69) is 39.1 Å². The second kappa shape index (κ2) is 5.69. The average molecular weight is 313 g/mol. The standard InChI is InChI=1S/C12H13BrN2OS/c1-3-11-14-12(16-15-11)8(2)17-10-7-5-4-6-9(10)13/h4-8H,3H2,1-2H3. The Morgan fingerprint density at radius 2 is 2.18 bits per heavy atom. The maximum Gasteiger partial charge on any atom is 0.239 e. The molecule has 1 atom stereocenters. The van der Waals surface area contributed by atoms with E-state index in [4.69, 9.17) is 4.52 Å². The van der Waals surface area contributed by atoms with Crippen LogP contribution in [0.25, 0.3) is 0 Å². The Morgan fingerprint density at radius 3 is 2.82 bits per heavy atom. The van der Waals surface area contributed by atoms with E-state index < -0.39 is 0 Å². The van der Waals surface area contributed by atoms with E-state index in [9.17, 15) is 0 Å². The van der Waals surface area contributed by atoms with E-state index >= 15 is 0 Å². The van der Waals surface area contributed by atoms with Crippen LogP contribution in [-0.4, -0.2) is 10.1 Å². The van der Waals surface area contributed by atoms with E-state index in [0.29, 0.717) is 5.89 Å². The lowest BCUT2D eigenvalue weighted by Gasteiger charge is -2.07. The van der Waals surface area contributed by atoms with Crippen LogP contribution in [0.4, 0.5) is 0 Å². The molecule has 0 aliphatic rings. The van der Waals surface area contributed by atoms with Gasteiger partial charge in [-0.15, -0.1) is 11.8 Å². The highest BCUT2D eigenvalue weighted by Crippen LogP contribution is 2.37. The van der Waals surface area contributed by atoms with Crippen molar-refractivity contribution in [1.29, 1.82) is 0 Å². The van der Waals surface area contributed by atoms with E-state index in [1.165, 1.54) is 4.90 Å². The maximum absolute atomic E-state index is 5.23. The molecule has 0 saturated heterocycles. The topological polar surface area (TPSA) is 38.9 Å². The summed E-state index contributed by atoms with van der Waals surface area (Å²) >= 11 is 5.23. The summed E-state index contributed by atoms with van der Waals surface area (Å²) in [6.07, 6.45) is 0.802. The Morgan fingerprint density at radius 1 is 1.41 bits per heavy atom. The van der Waals surface area contributed by atoms with Gasteiger partial charge < -0.3 is 4.52 Å². The van der Waals surface area contributed by atoms with Crippen LogP contribution in [0, 0.1) is 0 Å². The molecule has 90 valence electrons. The number of hydrogen-bond acceptors (Lipinski definition) is 4. The van der Waals surface area contributed by atoms with Gasteiger partial charge in [0.25, 0.3) is 0 Å². The van der Waals surface area contributed by atoms with Crippen LogP contribution in [0.15, 0.2) is 38.2 Å². The van der Waals surface area contributed by atoms with Crippen LogP contribution in [0.5, 0.6) is 0 Å². The van der Waals surface area contributed by atoms with E-state index in [-0.39, 0.29) is 5.25 Å². The minimum Gasteiger partial charge on any atom is -0.338 e. The van der Waals surface area contributed by atoms with Crippen LogP contribution in [0.3, 0.4) is 0 Å². The van der Waals surface area contributed by atoms with Gasteiger partial charge in [-0.3, -0.25) is 0 Å². The van der Waals surface area contributed by atoms with Crippen LogP contribution >= 0.6 is 27.7 Å². The van der Waals surface area contributed by atoms with Gasteiger partial charge in [-0.05, 0) is 35.0 Å². The van der Waals surface area contributed by atoms with Crippen molar-refractivity contribution in [3.05, 3.63) is 40.5 Å². The zero-order valence-corrected chi connectivity index (χ0v) is 12.1. The second-order valence-electron chi connectivity index (χ2n) is 3.59. The van der Waals surface area contributed by atoms with Crippen molar-refractivity contribution in [2.75, 3.05) is 0 Å². The molecule has 0 radical (unpaired) electrons. The third kappa shape index (κ3) is 3.10. The Balaban J connectivity index is 2.11. The Hall–Kier alpha value is -0.810. The number of hydrogen-bond donors (Lipinski definition) is 0. The average Bonchev–Trinajstić information content (AvgIpc) is 2.81. The molecule has 0 fully saturated rings. The molecule has 1 heterocycles. The molecular formula is C12H13BrN2OS. The summed E-state index contributed by atoms with van der Waals surface area (Å²) in [4.78, 5) is 5.52. The Labute approximate surface area is 113 Å². The molecule has 0 bridgehead atoms. The first-order valence-electron chi connectivity index (χ1n) is 5.44. The van der Waals surface area contributed by atoms with Gasteiger partial charge in [-0.25, -0.2) is 0 Å². The first kappa shape index (κ1) is 12.6. The molecule has 1 aromatic heterocycles. The summed E-state index contributed by atoms with van der Waals surface area (Å²) < 4.78 is 6.32. The van der Waals surface area contributed by atoms with Crippen LogP contribution in [-0.2, 0) is 6.42 Å². The minimum atomic E-state index is 0.154. The van der Waals surface area contributed by atoms with Crippen LogP contribution < -0.4 is 0 Å². The molecule has 0 aliphatic heterocycles. The predicted octanol–water partition coefficient (Wildman–Crippen LogP) is 4.25. The summed E-state index contributed by atoms with van der Waals surface area (Å²) in [7, 11) is 0. The number of aromatic nitrogens is 2. The molecule has 2 rings (SSSR count). The van der Waals surface area contributed by atoms with E-state index in [0.717, 1.165) is 16.7 Å². The third-order valence-electron chi connectivity index (χ3n) is 2.29. The highest BCUT2D eigenvalue weighted by atomic mass is 79.9. The summed E-state index contributed by atoms with van der Waals surface area (Å²) in [5.74, 6) is 1.45. The predicted molar refractivity (Wildman–Crippen MR) is 72.1 cm³/mol. The van der Waals surface area contributed by atoms with Crippen molar-refractivity contribution < 1.29 is 4.52 Å². The molecular weight excluding hydrogens is 300 g/mol. The first-order valence-corrected chi connectivity index (χ1v) is 7.11. The number of aryl methyl sites for hydroxylation is 1. The molecule has 0 saturated carbocycles. The molecule has 5 heteroatoms. The number of rotatable bonds is 4. The molecule has 0 N–H and O–H groups in total. The molecule has 0 amide bonds. The third-order valence-corrected chi connectivity index (χ3v) is 4.41. The highest BCUT2D eigenvalue weighted by molar-refractivity contribution is 9.10. The van der Waals surface area contributed by atoms with Crippen molar-refractivity contribution in [2.45, 2.75) is 30.4 Å². The molecule has 17 heavy (non-hydrogen) atoms. The fraction of sp³-hybridized carbons (Fsp3) is 0.333. The van der Waals surface area contributed by atoms with Crippen LogP contribution in [0.1, 0.15) is 30.8 Å². The second-order valence-corrected chi connectivity index (χ2v) is 5.83. The largest absolute Gasteiger partial charge is 0.338 e. The fourth-order valence-electron chi connectivity index (χ4n) is 1.36. The van der Waals surface area contributed by atoms with Crippen LogP contribution in [0.2, 0.25) is 0 Å². The smallest absolute Gasteiger partial charge is 0.239 e. The zero-order chi connectivity index (χ0) is 12.3. The quantitative estimate of drug-likeness (QED) is 0.791. The monoisotopic (exact) mass is 312 g/mol. The van der Waals surface area contributed by atoms with Crippen molar-refractivity contribution >= 4 is 27.7 Å². The molecule has 1 unspecified atom stereocenters. The molecule has 0 spiro atoms. The van der Waals surface area contributed by atoms with Gasteiger partial charge in [0, 0.05) is 15.8 Å². The molecule has 0 aliphatic carbocycles. The summed E-state index contributed by atoms with van der Waals surface area (Å²) in [5, 5.41) is 4.06. The summed E-state index contributed by atoms with van der Waals surface area (Å²) in [5.41, 5.74) is 0. The summed E-state index contributed by atoms with van der Waals surface area (Å²) in [6.45, 7) is 4.08. The Bertz CT molecular complexity index is 501. The van der Waals surface area contributed by atoms with Gasteiger partial charge in [-0.2, -0.15) is 4.98 Å². The normalized spacial score (nSPS) is 12.6. The Kier molecular flexibility index (Phi) is 4.23. The van der Waals surface area contributed by atoms with Gasteiger partial charge in [0.1, 0.15) is 0 Å². The summed E-state index contributed by atoms with van der Waals surface area (Å²) in [6, 6.07) is 8.12. The number of thioether (sulfide) groups is 1. The first-order chi connectivity index (χ1) is 8.20. The van der Waals surface area contributed by atoms with E-state index in [1.807, 2.05) is 25.1 Å². The highest BCUT2D eigenvalue weighted by Gasteiger charge is 2.15. The van der Waals surface area contributed by atoms with Gasteiger partial charge in [0.2, 0.25) is 5.89 Å². The van der Waals surface area contributed by atoms with Crippen molar-refractivity contribution in [2.24, 2.45) is 0 Å². The number of halogens is 1. The van der Waals surface area contributed by atoms with Gasteiger partial charge in [0.15, 0.2) is 5.82 Å². The minimum absolute atomic E-state index is 0.154. The fourth-order valence-corrected chi connectivity index (χ4v) is 2.84. The zero-order valence-electron chi connectivity index (χ0n) is 9.68. The number of benzene rings is 1. The number of nitrogens with zero attached hydrogens (tertiary/aromatic N) is 2. The lowest BCUT2D eigenvalue weighted by molar-refractivity contribution is 0.375.